The maximum Gasteiger partial charge on any atom is 0.355 e. The molecule has 1 aromatic heterocycles. The van der Waals surface area contributed by atoms with Gasteiger partial charge < -0.3 is 15.0 Å². The van der Waals surface area contributed by atoms with Crippen molar-refractivity contribution in [3.8, 4) is 0 Å². The third-order valence-corrected chi connectivity index (χ3v) is 5.61. The fraction of sp³-hybridized carbons (Fsp3) is 0.625. The third-order valence-electron chi connectivity index (χ3n) is 3.73. The van der Waals surface area contributed by atoms with Gasteiger partial charge in [-0.05, 0) is 46.6 Å². The summed E-state index contributed by atoms with van der Waals surface area (Å²) in [6, 6.07) is 1.24. The van der Waals surface area contributed by atoms with Crippen molar-refractivity contribution in [2.24, 2.45) is 0 Å². The Hall–Kier alpha value is -1.87. The largest absolute Gasteiger partial charge is 0.448 e. The predicted octanol–water partition coefficient (Wildman–Crippen LogP) is 1.26. The van der Waals surface area contributed by atoms with Crippen molar-refractivity contribution in [1.29, 1.82) is 0 Å². The molecule has 0 bridgehead atoms. The summed E-state index contributed by atoms with van der Waals surface area (Å²) in [5, 5.41) is 2.71. The second-order valence-electron chi connectivity index (χ2n) is 7.15. The lowest BCUT2D eigenvalue weighted by Gasteiger charge is -2.23. The highest BCUT2D eigenvalue weighted by molar-refractivity contribution is 7.89. The minimum absolute atomic E-state index is 0.00631. The summed E-state index contributed by atoms with van der Waals surface area (Å²) in [5.74, 6) is -1.20. The maximum atomic E-state index is 12.4. The Morgan fingerprint density at radius 3 is 2.44 bits per heavy atom. The quantitative estimate of drug-likeness (QED) is 0.758. The summed E-state index contributed by atoms with van der Waals surface area (Å²) < 4.78 is 31.4. The van der Waals surface area contributed by atoms with Gasteiger partial charge in [-0.1, -0.05) is 0 Å². The summed E-state index contributed by atoms with van der Waals surface area (Å²) in [7, 11) is -3.61. The first-order chi connectivity index (χ1) is 11.5. The number of esters is 1. The number of hydrogen-bond donors (Lipinski definition) is 2. The van der Waals surface area contributed by atoms with Gasteiger partial charge in [0, 0.05) is 24.8 Å². The van der Waals surface area contributed by atoms with Gasteiger partial charge in [0.05, 0.1) is 0 Å². The third kappa shape index (κ3) is 4.82. The van der Waals surface area contributed by atoms with Gasteiger partial charge in [0.1, 0.15) is 10.6 Å². The van der Waals surface area contributed by atoms with Gasteiger partial charge in [-0.2, -0.15) is 4.31 Å². The first kappa shape index (κ1) is 19.5. The summed E-state index contributed by atoms with van der Waals surface area (Å²) in [4.78, 5) is 26.7. The molecule has 9 heteroatoms. The molecule has 0 radical (unpaired) electrons. The summed E-state index contributed by atoms with van der Waals surface area (Å²) in [6.07, 6.45) is 1.94. The molecule has 2 rings (SSSR count). The molecular formula is C16H25N3O5S. The van der Waals surface area contributed by atoms with Gasteiger partial charge >= 0.3 is 5.97 Å². The van der Waals surface area contributed by atoms with Crippen LogP contribution in [0.3, 0.4) is 0 Å². The lowest BCUT2D eigenvalue weighted by Crippen LogP contribution is -2.46. The van der Waals surface area contributed by atoms with Crippen molar-refractivity contribution in [2.45, 2.75) is 57.1 Å². The number of H-pyrrole nitrogens is 1. The summed E-state index contributed by atoms with van der Waals surface area (Å²) in [6.45, 7) is 7.89. The molecule has 1 atom stereocenters. The van der Waals surface area contributed by atoms with Gasteiger partial charge in [-0.25, -0.2) is 13.2 Å². The summed E-state index contributed by atoms with van der Waals surface area (Å²) in [5.41, 5.74) is -0.450. The second-order valence-corrected chi connectivity index (χ2v) is 9.08. The van der Waals surface area contributed by atoms with Crippen LogP contribution in [0.25, 0.3) is 0 Å². The second kappa shape index (κ2) is 7.17. The Morgan fingerprint density at radius 1 is 1.28 bits per heavy atom. The fourth-order valence-electron chi connectivity index (χ4n) is 2.47. The van der Waals surface area contributed by atoms with Crippen LogP contribution in [0.4, 0.5) is 0 Å². The molecule has 0 spiro atoms. The van der Waals surface area contributed by atoms with E-state index >= 15 is 0 Å². The van der Waals surface area contributed by atoms with Crippen LogP contribution in [-0.2, 0) is 19.6 Å². The van der Waals surface area contributed by atoms with Crippen LogP contribution < -0.4 is 5.32 Å². The number of aromatic nitrogens is 1. The number of carbonyl (C=O) groups is 2. The molecule has 140 valence electrons. The zero-order valence-electron chi connectivity index (χ0n) is 15.0. The molecule has 0 aliphatic carbocycles. The Labute approximate surface area is 148 Å². The fourth-order valence-corrected chi connectivity index (χ4v) is 3.98. The van der Waals surface area contributed by atoms with E-state index in [9.17, 15) is 18.0 Å². The Morgan fingerprint density at radius 2 is 1.88 bits per heavy atom. The first-order valence-corrected chi connectivity index (χ1v) is 9.66. The van der Waals surface area contributed by atoms with Crippen molar-refractivity contribution >= 4 is 21.9 Å². The SMILES string of the molecule is CC(OC(=O)c1cc(S(=O)(=O)N2CCCC2)c[nH]1)C(=O)NC(C)(C)C. The smallest absolute Gasteiger partial charge is 0.355 e. The average Bonchev–Trinajstić information content (AvgIpc) is 3.17. The molecule has 1 unspecified atom stereocenters. The van der Waals surface area contributed by atoms with Crippen LogP contribution >= 0.6 is 0 Å². The van der Waals surface area contributed by atoms with Crippen molar-refractivity contribution in [2.75, 3.05) is 13.1 Å². The van der Waals surface area contributed by atoms with E-state index in [1.54, 1.807) is 0 Å². The maximum absolute atomic E-state index is 12.4. The molecule has 0 saturated carbocycles. The van der Waals surface area contributed by atoms with Crippen LogP contribution in [0, 0.1) is 0 Å². The number of rotatable bonds is 5. The van der Waals surface area contributed by atoms with E-state index < -0.39 is 33.5 Å². The molecule has 1 saturated heterocycles. The molecule has 8 nitrogen and oxygen atoms in total. The van der Waals surface area contributed by atoms with Gasteiger partial charge in [-0.15, -0.1) is 0 Å². The van der Waals surface area contributed by atoms with E-state index in [4.69, 9.17) is 4.74 Å². The normalized spacial score (nSPS) is 17.3. The number of amides is 1. The topological polar surface area (TPSA) is 109 Å². The van der Waals surface area contributed by atoms with Crippen LogP contribution in [0.5, 0.6) is 0 Å². The average molecular weight is 371 g/mol. The molecule has 1 amide bonds. The van der Waals surface area contributed by atoms with Crippen LogP contribution in [-0.4, -0.2) is 54.3 Å². The Balaban J connectivity index is 2.04. The van der Waals surface area contributed by atoms with E-state index in [2.05, 4.69) is 10.3 Å². The number of nitrogens with zero attached hydrogens (tertiary/aromatic N) is 1. The lowest BCUT2D eigenvalue weighted by molar-refractivity contribution is -0.130. The Bertz CT molecular complexity index is 742. The van der Waals surface area contributed by atoms with Crippen LogP contribution in [0.15, 0.2) is 17.2 Å². The minimum atomic E-state index is -3.61. The minimum Gasteiger partial charge on any atom is -0.448 e. The number of aromatic amines is 1. The molecule has 25 heavy (non-hydrogen) atoms. The number of sulfonamides is 1. The zero-order valence-corrected chi connectivity index (χ0v) is 15.8. The molecule has 1 fully saturated rings. The monoisotopic (exact) mass is 371 g/mol. The van der Waals surface area contributed by atoms with Crippen LogP contribution in [0.2, 0.25) is 0 Å². The van der Waals surface area contributed by atoms with Gasteiger partial charge in [0.25, 0.3) is 5.91 Å². The highest BCUT2D eigenvalue weighted by atomic mass is 32.2. The highest BCUT2D eigenvalue weighted by Crippen LogP contribution is 2.21. The molecule has 2 N–H and O–H groups in total. The lowest BCUT2D eigenvalue weighted by atomic mass is 10.1. The van der Waals surface area contributed by atoms with Gasteiger partial charge in [-0.3, -0.25) is 4.79 Å². The molecule has 2 heterocycles. The van der Waals surface area contributed by atoms with Crippen molar-refractivity contribution in [3.63, 3.8) is 0 Å². The first-order valence-electron chi connectivity index (χ1n) is 8.22. The van der Waals surface area contributed by atoms with Crippen molar-refractivity contribution < 1.29 is 22.7 Å². The Kier molecular flexibility index (Phi) is 5.58. The predicted molar refractivity (Wildman–Crippen MR) is 91.6 cm³/mol. The van der Waals surface area contributed by atoms with Gasteiger partial charge in [0.2, 0.25) is 10.0 Å². The van der Waals surface area contributed by atoms with E-state index in [-0.39, 0.29) is 10.6 Å². The van der Waals surface area contributed by atoms with Crippen molar-refractivity contribution in [1.82, 2.24) is 14.6 Å². The number of hydrogen-bond acceptors (Lipinski definition) is 5. The van der Waals surface area contributed by atoms with E-state index in [0.717, 1.165) is 12.8 Å². The van der Waals surface area contributed by atoms with Gasteiger partial charge in [0.15, 0.2) is 6.10 Å². The van der Waals surface area contributed by atoms with Crippen molar-refractivity contribution in [3.05, 3.63) is 18.0 Å². The molecule has 0 aromatic carbocycles. The highest BCUT2D eigenvalue weighted by Gasteiger charge is 2.29. The summed E-state index contributed by atoms with van der Waals surface area (Å²) >= 11 is 0. The van der Waals surface area contributed by atoms with Crippen LogP contribution in [0.1, 0.15) is 51.0 Å². The number of ether oxygens (including phenoxy) is 1. The molecule has 1 aliphatic rings. The van der Waals surface area contributed by atoms with E-state index in [0.29, 0.717) is 13.1 Å². The number of carbonyl (C=O) groups excluding carboxylic acids is 2. The van der Waals surface area contributed by atoms with E-state index in [1.165, 1.54) is 23.5 Å². The standard InChI is InChI=1S/C16H25N3O5S/c1-11(14(20)18-16(2,3)4)24-15(21)13-9-12(10-17-13)25(22,23)19-7-5-6-8-19/h9-11,17H,5-8H2,1-4H3,(H,18,20). The zero-order chi connectivity index (χ0) is 18.8. The van der Waals surface area contributed by atoms with E-state index in [1.807, 2.05) is 20.8 Å². The molecule has 1 aliphatic heterocycles. The molecule has 1 aromatic rings. The molecular weight excluding hydrogens is 346 g/mol. The number of nitrogens with one attached hydrogen (secondary N) is 2.